The topological polar surface area (TPSA) is 62.6 Å². The maximum atomic E-state index is 9.19. The van der Waals surface area contributed by atoms with Gasteiger partial charge in [-0.2, -0.15) is 0 Å². The Balaban J connectivity index is 2.00. The monoisotopic (exact) mass is 307 g/mol. The van der Waals surface area contributed by atoms with Crippen LogP contribution in [0, 0.1) is 0 Å². The van der Waals surface area contributed by atoms with E-state index in [1.807, 2.05) is 0 Å². The van der Waals surface area contributed by atoms with Gasteiger partial charge in [0, 0.05) is 6.20 Å². The third-order valence-corrected chi connectivity index (χ3v) is 3.80. The average molecular weight is 307 g/mol. The van der Waals surface area contributed by atoms with Crippen LogP contribution in [0.3, 0.4) is 0 Å². The third kappa shape index (κ3) is 8.40. The lowest BCUT2D eigenvalue weighted by molar-refractivity contribution is 0.303. The summed E-state index contributed by atoms with van der Waals surface area (Å²) in [6.45, 7) is 2.85. The Hall–Kier alpha value is -1.07. The molecule has 0 fully saturated rings. The summed E-state index contributed by atoms with van der Waals surface area (Å²) < 4.78 is 5.59. The molecule has 0 saturated carbocycles. The molecule has 22 heavy (non-hydrogen) atoms. The van der Waals surface area contributed by atoms with Crippen LogP contribution in [0.5, 0.6) is 5.75 Å². The first-order valence-corrected chi connectivity index (χ1v) is 8.69. The van der Waals surface area contributed by atoms with Crippen molar-refractivity contribution in [2.45, 2.75) is 71.1 Å². The van der Waals surface area contributed by atoms with Crippen molar-refractivity contribution in [2.75, 3.05) is 6.61 Å². The number of unbranched alkanes of at least 4 members (excludes halogenated alkanes) is 9. The zero-order valence-electron chi connectivity index (χ0n) is 13.8. The fourth-order valence-electron chi connectivity index (χ4n) is 2.49. The van der Waals surface area contributed by atoms with Gasteiger partial charge in [0.05, 0.1) is 6.61 Å². The molecule has 0 aliphatic rings. The lowest BCUT2D eigenvalue weighted by Crippen LogP contribution is -2.34. The molecule has 0 unspecified atom stereocenters. The molecule has 124 valence electrons. The van der Waals surface area contributed by atoms with E-state index in [4.69, 9.17) is 4.74 Å². The Labute approximate surface area is 135 Å². The summed E-state index contributed by atoms with van der Waals surface area (Å²) in [6, 6.07) is 3.46. The van der Waals surface area contributed by atoms with E-state index in [9.17, 15) is 10.0 Å². The number of ether oxygens (including phenoxy) is 1. The van der Waals surface area contributed by atoms with Crippen molar-refractivity contribution >= 4 is 12.7 Å². The van der Waals surface area contributed by atoms with Gasteiger partial charge in [-0.3, -0.25) is 4.98 Å². The molecule has 0 aliphatic heterocycles. The predicted octanol–water partition coefficient (Wildman–Crippen LogP) is 3.06. The van der Waals surface area contributed by atoms with Crippen molar-refractivity contribution in [1.82, 2.24) is 4.98 Å². The molecule has 1 heterocycles. The molecule has 1 aromatic rings. The van der Waals surface area contributed by atoms with Crippen LogP contribution in [-0.4, -0.2) is 28.8 Å². The molecule has 2 N–H and O–H groups in total. The molecular formula is C17H30BNO3. The van der Waals surface area contributed by atoms with Crippen LogP contribution in [0.15, 0.2) is 18.3 Å². The highest BCUT2D eigenvalue weighted by Gasteiger charge is 2.18. The molecule has 0 spiro atoms. The summed E-state index contributed by atoms with van der Waals surface area (Å²) in [5.41, 5.74) is 0.189. The fraction of sp³-hybridized carbons (Fsp3) is 0.706. The minimum absolute atomic E-state index is 0.189. The molecule has 1 aromatic heterocycles. The standard InChI is InChI=1S/C17H30BNO3/c1-2-3-4-5-6-7-8-9-10-11-15-22-16-13-12-14-19-17(16)18(20)21/h12-14,20-21H,2-11,15H2,1H3. The van der Waals surface area contributed by atoms with E-state index in [0.29, 0.717) is 12.4 Å². The van der Waals surface area contributed by atoms with E-state index in [1.165, 1.54) is 57.6 Å². The number of pyridine rings is 1. The Morgan fingerprint density at radius 2 is 1.55 bits per heavy atom. The summed E-state index contributed by atoms with van der Waals surface area (Å²) in [6.07, 6.45) is 14.4. The summed E-state index contributed by atoms with van der Waals surface area (Å²) in [5, 5.41) is 18.4. The first-order chi connectivity index (χ1) is 10.8. The second-order valence-electron chi connectivity index (χ2n) is 5.79. The summed E-state index contributed by atoms with van der Waals surface area (Å²) in [4.78, 5) is 3.92. The van der Waals surface area contributed by atoms with Crippen LogP contribution in [0.25, 0.3) is 0 Å². The third-order valence-electron chi connectivity index (χ3n) is 3.80. The van der Waals surface area contributed by atoms with Gasteiger partial charge in [0.1, 0.15) is 11.3 Å². The van der Waals surface area contributed by atoms with Crippen molar-refractivity contribution in [1.29, 1.82) is 0 Å². The zero-order valence-corrected chi connectivity index (χ0v) is 13.8. The molecule has 0 amide bonds. The molecule has 1 rings (SSSR count). The van der Waals surface area contributed by atoms with Crippen molar-refractivity contribution in [3.05, 3.63) is 18.3 Å². The predicted molar refractivity (Wildman–Crippen MR) is 91.4 cm³/mol. The number of hydrogen-bond donors (Lipinski definition) is 2. The van der Waals surface area contributed by atoms with Crippen LogP contribution < -0.4 is 10.3 Å². The molecular weight excluding hydrogens is 277 g/mol. The minimum atomic E-state index is -1.58. The van der Waals surface area contributed by atoms with E-state index in [0.717, 1.165) is 12.8 Å². The molecule has 0 aliphatic carbocycles. The van der Waals surface area contributed by atoms with Crippen molar-refractivity contribution in [2.24, 2.45) is 0 Å². The zero-order chi connectivity index (χ0) is 16.0. The Morgan fingerprint density at radius 1 is 0.955 bits per heavy atom. The average Bonchev–Trinajstić information content (AvgIpc) is 2.53. The highest BCUT2D eigenvalue weighted by atomic mass is 16.5. The van der Waals surface area contributed by atoms with Crippen molar-refractivity contribution in [3.8, 4) is 5.75 Å². The Bertz CT molecular complexity index is 388. The molecule has 0 aromatic carbocycles. The molecule has 0 saturated heterocycles. The number of aromatic nitrogens is 1. The lowest BCUT2D eigenvalue weighted by atomic mass is 9.85. The van der Waals surface area contributed by atoms with Crippen LogP contribution in [0.1, 0.15) is 71.1 Å². The van der Waals surface area contributed by atoms with Gasteiger partial charge in [-0.25, -0.2) is 0 Å². The normalized spacial score (nSPS) is 10.7. The summed E-state index contributed by atoms with van der Waals surface area (Å²) in [5.74, 6) is 0.466. The van der Waals surface area contributed by atoms with Gasteiger partial charge in [-0.15, -0.1) is 0 Å². The Morgan fingerprint density at radius 3 is 2.14 bits per heavy atom. The SMILES string of the molecule is CCCCCCCCCCCCOc1cccnc1B(O)O. The van der Waals surface area contributed by atoms with Crippen molar-refractivity contribution < 1.29 is 14.8 Å². The minimum Gasteiger partial charge on any atom is -0.492 e. The highest BCUT2D eigenvalue weighted by Crippen LogP contribution is 2.11. The van der Waals surface area contributed by atoms with Crippen LogP contribution >= 0.6 is 0 Å². The second-order valence-corrected chi connectivity index (χ2v) is 5.79. The number of nitrogens with zero attached hydrogens (tertiary/aromatic N) is 1. The van der Waals surface area contributed by atoms with E-state index in [-0.39, 0.29) is 5.59 Å². The molecule has 0 radical (unpaired) electrons. The second kappa shape index (κ2) is 12.5. The molecule has 5 heteroatoms. The maximum Gasteiger partial charge on any atom is 0.512 e. The van der Waals surface area contributed by atoms with Gasteiger partial charge >= 0.3 is 7.12 Å². The lowest BCUT2D eigenvalue weighted by Gasteiger charge is -2.09. The van der Waals surface area contributed by atoms with Gasteiger partial charge in [0.25, 0.3) is 0 Å². The highest BCUT2D eigenvalue weighted by molar-refractivity contribution is 6.58. The maximum absolute atomic E-state index is 9.19. The van der Waals surface area contributed by atoms with E-state index < -0.39 is 7.12 Å². The first-order valence-electron chi connectivity index (χ1n) is 8.69. The number of hydrogen-bond acceptors (Lipinski definition) is 4. The summed E-state index contributed by atoms with van der Waals surface area (Å²) >= 11 is 0. The van der Waals surface area contributed by atoms with Crippen LogP contribution in [0.4, 0.5) is 0 Å². The molecule has 0 bridgehead atoms. The van der Waals surface area contributed by atoms with E-state index in [1.54, 1.807) is 12.1 Å². The van der Waals surface area contributed by atoms with E-state index >= 15 is 0 Å². The summed E-state index contributed by atoms with van der Waals surface area (Å²) in [7, 11) is -1.58. The van der Waals surface area contributed by atoms with Crippen LogP contribution in [-0.2, 0) is 0 Å². The van der Waals surface area contributed by atoms with Gasteiger partial charge in [-0.1, -0.05) is 64.7 Å². The van der Waals surface area contributed by atoms with Gasteiger partial charge in [0.15, 0.2) is 0 Å². The largest absolute Gasteiger partial charge is 0.512 e. The van der Waals surface area contributed by atoms with Crippen molar-refractivity contribution in [3.63, 3.8) is 0 Å². The Kier molecular flexibility index (Phi) is 10.8. The molecule has 0 atom stereocenters. The number of rotatable bonds is 13. The van der Waals surface area contributed by atoms with E-state index in [2.05, 4.69) is 11.9 Å². The van der Waals surface area contributed by atoms with Crippen LogP contribution in [0.2, 0.25) is 0 Å². The molecule has 4 nitrogen and oxygen atoms in total. The quantitative estimate of drug-likeness (QED) is 0.434. The van der Waals surface area contributed by atoms with Gasteiger partial charge in [-0.05, 0) is 18.6 Å². The van der Waals surface area contributed by atoms with Gasteiger partial charge < -0.3 is 14.8 Å². The van der Waals surface area contributed by atoms with Gasteiger partial charge in [0.2, 0.25) is 0 Å². The fourth-order valence-corrected chi connectivity index (χ4v) is 2.49. The first kappa shape index (κ1) is 19.0. The smallest absolute Gasteiger partial charge is 0.492 e.